The number of nitrogens with zero attached hydrogens (tertiary/aromatic N) is 2. The lowest BCUT2D eigenvalue weighted by Crippen LogP contribution is -2.18. The summed E-state index contributed by atoms with van der Waals surface area (Å²) in [5, 5.41) is 0. The Bertz CT molecular complexity index is 1090. The van der Waals surface area contributed by atoms with Crippen LogP contribution in [0, 0.1) is 5.82 Å². The summed E-state index contributed by atoms with van der Waals surface area (Å²) in [5.74, 6) is -2.06. The van der Waals surface area contributed by atoms with Crippen LogP contribution in [-0.2, 0) is 18.1 Å². The van der Waals surface area contributed by atoms with Gasteiger partial charge in [0.05, 0.1) is 17.4 Å². The molecule has 2 aromatic heterocycles. The topological polar surface area (TPSA) is 47.5 Å². The maximum absolute atomic E-state index is 14.3. The molecule has 1 amide bonds. The summed E-state index contributed by atoms with van der Waals surface area (Å²) in [7, 11) is 0. The molecule has 3 rings (SSSR count). The van der Waals surface area contributed by atoms with Crippen LogP contribution in [0.25, 0.3) is 0 Å². The Kier molecular flexibility index (Phi) is 5.53. The number of aromatic nitrogens is 1. The van der Waals surface area contributed by atoms with E-state index in [9.17, 15) is 22.4 Å². The van der Waals surface area contributed by atoms with Crippen LogP contribution in [-0.4, -0.2) is 9.86 Å². The fourth-order valence-electron chi connectivity index (χ4n) is 2.59. The van der Waals surface area contributed by atoms with Gasteiger partial charge in [0.15, 0.2) is 0 Å². The van der Waals surface area contributed by atoms with Gasteiger partial charge in [-0.3, -0.25) is 8.75 Å². The van der Waals surface area contributed by atoms with E-state index in [1.807, 2.05) is 30.9 Å². The van der Waals surface area contributed by atoms with Crippen LogP contribution in [0.1, 0.15) is 48.0 Å². The second kappa shape index (κ2) is 7.62. The predicted molar refractivity (Wildman–Crippen MR) is 100 cm³/mol. The lowest BCUT2D eigenvalue weighted by atomic mass is 10.1. The van der Waals surface area contributed by atoms with Gasteiger partial charge in [-0.15, -0.1) is 0 Å². The summed E-state index contributed by atoms with van der Waals surface area (Å²) in [4.78, 5) is 16.5. The Morgan fingerprint density at radius 1 is 1.17 bits per heavy atom. The number of hydrogen-bond donors (Lipinski definition) is 0. The highest BCUT2D eigenvalue weighted by molar-refractivity contribution is 7.04. The van der Waals surface area contributed by atoms with Crippen molar-refractivity contribution in [2.24, 2.45) is 4.99 Å². The van der Waals surface area contributed by atoms with E-state index in [0.29, 0.717) is 23.8 Å². The molecule has 0 saturated carbocycles. The summed E-state index contributed by atoms with van der Waals surface area (Å²) in [5.41, 5.74) is -1.87. The average molecular weight is 426 g/mol. The van der Waals surface area contributed by atoms with Gasteiger partial charge >= 0.3 is 6.18 Å². The van der Waals surface area contributed by atoms with Crippen molar-refractivity contribution in [3.63, 3.8) is 0 Å². The van der Waals surface area contributed by atoms with Gasteiger partial charge in [0.1, 0.15) is 16.2 Å². The number of carbonyl (C=O) groups is 1. The van der Waals surface area contributed by atoms with Crippen molar-refractivity contribution >= 4 is 17.4 Å². The highest BCUT2D eigenvalue weighted by atomic mass is 32.1. The second-order valence-corrected chi connectivity index (χ2v) is 8.35. The number of rotatable bonds is 3. The van der Waals surface area contributed by atoms with Crippen LogP contribution in [0.2, 0.25) is 0 Å². The molecule has 0 saturated heterocycles. The fraction of sp³-hybridized carbons (Fsp3) is 0.300. The van der Waals surface area contributed by atoms with Gasteiger partial charge in [-0.25, -0.2) is 4.39 Å². The van der Waals surface area contributed by atoms with Crippen LogP contribution in [0.15, 0.2) is 52.2 Å². The molecule has 0 N–H and O–H groups in total. The number of carbonyl (C=O) groups excluding carboxylic acids is 1. The largest absolute Gasteiger partial charge is 0.469 e. The Hall–Kier alpha value is -2.68. The van der Waals surface area contributed by atoms with Gasteiger partial charge < -0.3 is 4.42 Å². The van der Waals surface area contributed by atoms with Gasteiger partial charge in [-0.05, 0) is 56.6 Å². The first kappa shape index (κ1) is 21.0. The minimum atomic E-state index is -4.90. The van der Waals surface area contributed by atoms with E-state index in [4.69, 9.17) is 4.42 Å². The van der Waals surface area contributed by atoms with Gasteiger partial charge in [0.2, 0.25) is 0 Å². The van der Waals surface area contributed by atoms with E-state index in [-0.39, 0.29) is 10.2 Å². The van der Waals surface area contributed by atoms with E-state index in [1.54, 1.807) is 12.1 Å². The maximum Gasteiger partial charge on any atom is 0.419 e. The van der Waals surface area contributed by atoms with Crippen molar-refractivity contribution in [3.05, 3.63) is 75.7 Å². The Morgan fingerprint density at radius 3 is 2.48 bits per heavy atom. The number of furan rings is 1. The Morgan fingerprint density at radius 2 is 1.90 bits per heavy atom. The van der Waals surface area contributed by atoms with Crippen molar-refractivity contribution in [3.8, 4) is 0 Å². The molecule has 4 nitrogen and oxygen atoms in total. The third-order valence-electron chi connectivity index (χ3n) is 4.08. The zero-order valence-electron chi connectivity index (χ0n) is 15.9. The third kappa shape index (κ3) is 4.67. The van der Waals surface area contributed by atoms with Crippen molar-refractivity contribution in [1.29, 1.82) is 0 Å². The minimum Gasteiger partial charge on any atom is -0.469 e. The lowest BCUT2D eigenvalue weighted by Gasteiger charge is -2.19. The quantitative estimate of drug-likeness (QED) is 0.528. The zero-order chi connectivity index (χ0) is 21.4. The molecule has 9 heteroatoms. The molecule has 0 atom stereocenters. The zero-order valence-corrected chi connectivity index (χ0v) is 16.7. The minimum absolute atomic E-state index is 0.290. The highest BCUT2D eigenvalue weighted by Gasteiger charge is 2.35. The molecule has 0 aliphatic heterocycles. The first-order chi connectivity index (χ1) is 13.5. The van der Waals surface area contributed by atoms with Crippen molar-refractivity contribution < 1.29 is 26.8 Å². The molecule has 154 valence electrons. The number of halogens is 4. The first-order valence-electron chi connectivity index (χ1n) is 8.66. The summed E-state index contributed by atoms with van der Waals surface area (Å²) >= 11 is 1.17. The first-order valence-corrected chi connectivity index (χ1v) is 9.43. The van der Waals surface area contributed by atoms with Crippen molar-refractivity contribution in [2.45, 2.75) is 38.9 Å². The highest BCUT2D eigenvalue weighted by Crippen LogP contribution is 2.32. The molecule has 0 unspecified atom stereocenters. The van der Waals surface area contributed by atoms with Gasteiger partial charge in [-0.1, -0.05) is 6.07 Å². The molecule has 0 bridgehead atoms. The SMILES string of the molecule is CC(C)(C)n1cc(Cc2ccco2)/c(=N/C(=O)c2cccc(C(F)(F)F)c2F)s1. The summed E-state index contributed by atoms with van der Waals surface area (Å²) in [6.45, 7) is 5.87. The van der Waals surface area contributed by atoms with Gasteiger partial charge in [-0.2, -0.15) is 18.2 Å². The standard InChI is InChI=1S/C20H18F4N2O2S/c1-19(2,3)26-11-12(10-13-6-5-9-28-13)18(29-26)25-17(27)14-7-4-8-15(16(14)21)20(22,23)24/h4-9,11H,10H2,1-3H3/b25-18-. The molecule has 0 aliphatic carbocycles. The molecule has 0 spiro atoms. The smallest absolute Gasteiger partial charge is 0.419 e. The molecular weight excluding hydrogens is 408 g/mol. The number of alkyl halides is 3. The number of hydrogen-bond acceptors (Lipinski definition) is 3. The summed E-state index contributed by atoms with van der Waals surface area (Å²) in [6.07, 6.45) is -1.24. The Labute approximate surface area is 168 Å². The monoisotopic (exact) mass is 426 g/mol. The van der Waals surface area contributed by atoms with E-state index in [1.165, 1.54) is 17.8 Å². The van der Waals surface area contributed by atoms with Crippen molar-refractivity contribution in [1.82, 2.24) is 3.96 Å². The summed E-state index contributed by atoms with van der Waals surface area (Å²) in [6, 6.07) is 6.06. The van der Waals surface area contributed by atoms with Crippen molar-refractivity contribution in [2.75, 3.05) is 0 Å². The van der Waals surface area contributed by atoms with Crippen LogP contribution < -0.4 is 4.67 Å². The van der Waals surface area contributed by atoms with E-state index >= 15 is 0 Å². The van der Waals surface area contributed by atoms with Crippen LogP contribution in [0.3, 0.4) is 0 Å². The second-order valence-electron chi connectivity index (χ2n) is 7.39. The van der Waals surface area contributed by atoms with Crippen LogP contribution in [0.4, 0.5) is 17.6 Å². The molecular formula is C20H18F4N2O2S. The number of amides is 1. The molecule has 0 radical (unpaired) electrons. The lowest BCUT2D eigenvalue weighted by molar-refractivity contribution is -0.140. The number of benzene rings is 1. The average Bonchev–Trinajstić information content (AvgIpc) is 3.24. The van der Waals surface area contributed by atoms with Gasteiger partial charge in [0.25, 0.3) is 5.91 Å². The van der Waals surface area contributed by atoms with Gasteiger partial charge in [0, 0.05) is 23.7 Å². The molecule has 29 heavy (non-hydrogen) atoms. The van der Waals surface area contributed by atoms with E-state index < -0.39 is 29.0 Å². The third-order valence-corrected chi connectivity index (χ3v) is 5.45. The fourth-order valence-corrected chi connectivity index (χ4v) is 3.59. The van der Waals surface area contributed by atoms with E-state index in [0.717, 1.165) is 12.1 Å². The maximum atomic E-state index is 14.3. The predicted octanol–water partition coefficient (Wildman–Crippen LogP) is 5.39. The molecule has 1 aromatic carbocycles. The normalized spacial score (nSPS) is 13.1. The molecule has 3 aromatic rings. The molecule has 2 heterocycles. The Balaban J connectivity index is 2.08. The summed E-state index contributed by atoms with van der Waals surface area (Å²) < 4.78 is 60.6. The molecule has 0 aliphatic rings. The van der Waals surface area contributed by atoms with Crippen LogP contribution >= 0.6 is 11.5 Å². The van der Waals surface area contributed by atoms with Crippen LogP contribution in [0.5, 0.6) is 0 Å². The molecule has 0 fully saturated rings. The van der Waals surface area contributed by atoms with E-state index in [2.05, 4.69) is 4.99 Å².